The van der Waals surface area contributed by atoms with E-state index < -0.39 is 29.6 Å². The van der Waals surface area contributed by atoms with E-state index in [2.05, 4.69) is 0 Å². The first-order valence-electron chi connectivity index (χ1n) is 6.59. The molecule has 23 heavy (non-hydrogen) atoms. The van der Waals surface area contributed by atoms with Crippen molar-refractivity contribution in [1.29, 1.82) is 0 Å². The summed E-state index contributed by atoms with van der Waals surface area (Å²) >= 11 is 0.485. The SMILES string of the molecule is CC1=C(C)C(=O)N(c2cc(SCC(F)(F)F)c(C)cc2F)C1=O. The van der Waals surface area contributed by atoms with Crippen LogP contribution in [0.1, 0.15) is 19.4 Å². The molecule has 0 saturated heterocycles. The van der Waals surface area contributed by atoms with Crippen molar-refractivity contribution < 1.29 is 27.2 Å². The zero-order chi connectivity index (χ0) is 17.5. The van der Waals surface area contributed by atoms with E-state index in [1.807, 2.05) is 0 Å². The molecular formula is C15H13F4NO2S. The zero-order valence-corrected chi connectivity index (χ0v) is 13.4. The Balaban J connectivity index is 2.41. The summed E-state index contributed by atoms with van der Waals surface area (Å²) in [6.07, 6.45) is -4.38. The second kappa shape index (κ2) is 5.99. The number of benzene rings is 1. The number of carbonyl (C=O) groups excluding carboxylic acids is 2. The Bertz CT molecular complexity index is 701. The average Bonchev–Trinajstić information content (AvgIpc) is 2.62. The normalized spacial score (nSPS) is 15.9. The molecule has 0 saturated carbocycles. The number of hydrogen-bond donors (Lipinski definition) is 0. The van der Waals surface area contributed by atoms with Gasteiger partial charge in [-0.3, -0.25) is 9.59 Å². The van der Waals surface area contributed by atoms with Gasteiger partial charge >= 0.3 is 6.18 Å². The number of nitrogens with zero attached hydrogens (tertiary/aromatic N) is 1. The van der Waals surface area contributed by atoms with Crippen LogP contribution in [-0.2, 0) is 9.59 Å². The molecule has 0 spiro atoms. The molecule has 0 fully saturated rings. The molecular weight excluding hydrogens is 334 g/mol. The molecule has 3 nitrogen and oxygen atoms in total. The fourth-order valence-corrected chi connectivity index (χ4v) is 2.90. The topological polar surface area (TPSA) is 37.4 Å². The summed E-state index contributed by atoms with van der Waals surface area (Å²) in [7, 11) is 0. The summed E-state index contributed by atoms with van der Waals surface area (Å²) in [6.45, 7) is 4.36. The van der Waals surface area contributed by atoms with Crippen LogP contribution in [0.2, 0.25) is 0 Å². The molecule has 0 atom stereocenters. The summed E-state index contributed by atoms with van der Waals surface area (Å²) in [5.41, 5.74) is 0.367. The van der Waals surface area contributed by atoms with Crippen molar-refractivity contribution in [2.75, 3.05) is 10.7 Å². The van der Waals surface area contributed by atoms with Gasteiger partial charge in [-0.1, -0.05) is 0 Å². The standard InChI is InChI=1S/C15H13F4NO2S/c1-7-4-10(16)11(5-12(7)23-6-15(17,18)19)20-13(21)8(2)9(3)14(20)22/h4-5H,6H2,1-3H3. The van der Waals surface area contributed by atoms with Gasteiger partial charge in [-0.2, -0.15) is 13.2 Å². The number of halogens is 4. The minimum absolute atomic E-state index is 0.168. The lowest BCUT2D eigenvalue weighted by molar-refractivity contribution is -0.120. The number of imide groups is 1. The lowest BCUT2D eigenvalue weighted by Crippen LogP contribution is -2.32. The summed E-state index contributed by atoms with van der Waals surface area (Å²) in [4.78, 5) is 25.0. The first-order chi connectivity index (χ1) is 10.5. The molecule has 124 valence electrons. The van der Waals surface area contributed by atoms with Crippen molar-refractivity contribution in [3.8, 4) is 0 Å². The van der Waals surface area contributed by atoms with Crippen molar-refractivity contribution in [1.82, 2.24) is 0 Å². The predicted octanol–water partition coefficient (Wildman–Crippen LogP) is 4.00. The van der Waals surface area contributed by atoms with E-state index in [0.29, 0.717) is 22.2 Å². The second-order valence-electron chi connectivity index (χ2n) is 5.17. The molecule has 0 unspecified atom stereocenters. The Morgan fingerprint density at radius 2 is 1.57 bits per heavy atom. The highest BCUT2D eigenvalue weighted by Gasteiger charge is 2.36. The molecule has 8 heteroatoms. The largest absolute Gasteiger partial charge is 0.398 e. The fourth-order valence-electron chi connectivity index (χ4n) is 2.10. The summed E-state index contributed by atoms with van der Waals surface area (Å²) in [6, 6.07) is 2.14. The fraction of sp³-hybridized carbons (Fsp3) is 0.333. The number of anilines is 1. The number of alkyl halides is 3. The first-order valence-corrected chi connectivity index (χ1v) is 7.57. The Hall–Kier alpha value is -1.83. The minimum Gasteiger partial charge on any atom is -0.269 e. The monoisotopic (exact) mass is 347 g/mol. The van der Waals surface area contributed by atoms with Crippen LogP contribution in [0.4, 0.5) is 23.2 Å². The highest BCUT2D eigenvalue weighted by molar-refractivity contribution is 7.99. The van der Waals surface area contributed by atoms with E-state index in [9.17, 15) is 27.2 Å². The van der Waals surface area contributed by atoms with Gasteiger partial charge in [0.05, 0.1) is 11.4 Å². The second-order valence-corrected chi connectivity index (χ2v) is 6.19. The molecule has 1 aliphatic rings. The molecule has 0 bridgehead atoms. The van der Waals surface area contributed by atoms with Crippen LogP contribution in [-0.4, -0.2) is 23.7 Å². The predicted molar refractivity (Wildman–Crippen MR) is 78.8 cm³/mol. The first kappa shape index (κ1) is 17.5. The van der Waals surface area contributed by atoms with E-state index in [1.165, 1.54) is 20.8 Å². The maximum atomic E-state index is 14.2. The highest BCUT2D eigenvalue weighted by atomic mass is 32.2. The molecule has 0 aromatic heterocycles. The van der Waals surface area contributed by atoms with Gasteiger partial charge in [0, 0.05) is 16.0 Å². The summed E-state index contributed by atoms with van der Waals surface area (Å²) in [5, 5.41) is 0. The molecule has 1 aliphatic heterocycles. The number of rotatable bonds is 3. The van der Waals surface area contributed by atoms with Gasteiger partial charge in [0.15, 0.2) is 0 Å². The quantitative estimate of drug-likeness (QED) is 0.471. The summed E-state index contributed by atoms with van der Waals surface area (Å²) in [5.74, 6) is -3.30. The number of carbonyl (C=O) groups is 2. The van der Waals surface area contributed by atoms with Gasteiger partial charge in [-0.05, 0) is 38.5 Å². The van der Waals surface area contributed by atoms with Crippen LogP contribution in [0.25, 0.3) is 0 Å². The van der Waals surface area contributed by atoms with Gasteiger partial charge in [-0.25, -0.2) is 9.29 Å². The molecule has 0 N–H and O–H groups in total. The number of amides is 2. The van der Waals surface area contributed by atoms with Gasteiger partial charge in [-0.15, -0.1) is 11.8 Å². The number of aryl methyl sites for hydroxylation is 1. The highest BCUT2D eigenvalue weighted by Crippen LogP contribution is 2.36. The molecule has 1 aromatic carbocycles. The maximum absolute atomic E-state index is 14.2. The van der Waals surface area contributed by atoms with E-state index in [1.54, 1.807) is 0 Å². The lowest BCUT2D eigenvalue weighted by atomic mass is 10.2. The smallest absolute Gasteiger partial charge is 0.269 e. The van der Waals surface area contributed by atoms with Crippen LogP contribution in [0.5, 0.6) is 0 Å². The van der Waals surface area contributed by atoms with E-state index in [-0.39, 0.29) is 21.7 Å². The zero-order valence-electron chi connectivity index (χ0n) is 12.5. The molecule has 1 aromatic rings. The Morgan fingerprint density at radius 3 is 2.04 bits per heavy atom. The van der Waals surface area contributed by atoms with E-state index in [4.69, 9.17) is 0 Å². The third-order valence-electron chi connectivity index (χ3n) is 3.49. The molecule has 2 amide bonds. The number of hydrogen-bond acceptors (Lipinski definition) is 3. The van der Waals surface area contributed by atoms with Crippen LogP contribution in [0.3, 0.4) is 0 Å². The molecule has 2 rings (SSSR count). The lowest BCUT2D eigenvalue weighted by Gasteiger charge is -2.18. The van der Waals surface area contributed by atoms with Crippen LogP contribution in [0, 0.1) is 12.7 Å². The third-order valence-corrected chi connectivity index (χ3v) is 4.71. The minimum atomic E-state index is -4.38. The van der Waals surface area contributed by atoms with Crippen LogP contribution < -0.4 is 4.90 Å². The van der Waals surface area contributed by atoms with E-state index in [0.717, 1.165) is 12.1 Å². The van der Waals surface area contributed by atoms with Crippen LogP contribution >= 0.6 is 11.8 Å². The molecule has 1 heterocycles. The maximum Gasteiger partial charge on any atom is 0.398 e. The van der Waals surface area contributed by atoms with Gasteiger partial charge < -0.3 is 0 Å². The average molecular weight is 347 g/mol. The molecule has 0 aliphatic carbocycles. The Labute approximate surface area is 134 Å². The van der Waals surface area contributed by atoms with Crippen molar-refractivity contribution in [2.45, 2.75) is 31.8 Å². The van der Waals surface area contributed by atoms with Gasteiger partial charge in [0.1, 0.15) is 5.82 Å². The number of thioether (sulfide) groups is 1. The van der Waals surface area contributed by atoms with E-state index >= 15 is 0 Å². The molecule has 0 radical (unpaired) electrons. The summed E-state index contributed by atoms with van der Waals surface area (Å²) < 4.78 is 51.2. The van der Waals surface area contributed by atoms with Crippen molar-refractivity contribution in [2.24, 2.45) is 0 Å². The van der Waals surface area contributed by atoms with Crippen LogP contribution in [0.15, 0.2) is 28.2 Å². The van der Waals surface area contributed by atoms with Gasteiger partial charge in [0.25, 0.3) is 11.8 Å². The third kappa shape index (κ3) is 3.41. The Morgan fingerprint density at radius 1 is 1.04 bits per heavy atom. The van der Waals surface area contributed by atoms with Crippen molar-refractivity contribution in [3.05, 3.63) is 34.7 Å². The van der Waals surface area contributed by atoms with Gasteiger partial charge in [0.2, 0.25) is 0 Å². The van der Waals surface area contributed by atoms with Crippen molar-refractivity contribution >= 4 is 29.3 Å². The van der Waals surface area contributed by atoms with Crippen molar-refractivity contribution in [3.63, 3.8) is 0 Å². The Kier molecular flexibility index (Phi) is 4.57.